The molecule has 1 saturated heterocycles. The first-order valence-electron chi connectivity index (χ1n) is 7.42. The van der Waals surface area contributed by atoms with E-state index >= 15 is 0 Å². The summed E-state index contributed by atoms with van der Waals surface area (Å²) < 4.78 is 0. The number of hydrogen-bond acceptors (Lipinski definition) is 3. The van der Waals surface area contributed by atoms with Crippen LogP contribution in [0.1, 0.15) is 32.3 Å². The van der Waals surface area contributed by atoms with Crippen molar-refractivity contribution in [3.05, 3.63) is 36.0 Å². The van der Waals surface area contributed by atoms with E-state index in [1.54, 1.807) is 0 Å². The van der Waals surface area contributed by atoms with E-state index in [-0.39, 0.29) is 0 Å². The minimum absolute atomic E-state index is 0.369. The molecule has 0 radical (unpaired) electrons. The van der Waals surface area contributed by atoms with Gasteiger partial charge in [0, 0.05) is 31.2 Å². The molecule has 20 heavy (non-hydrogen) atoms. The molecule has 3 heteroatoms. The van der Waals surface area contributed by atoms with Crippen LogP contribution in [0.2, 0.25) is 0 Å². The molecule has 3 rings (SSSR count). The van der Waals surface area contributed by atoms with Crippen molar-refractivity contribution in [1.29, 1.82) is 0 Å². The van der Waals surface area contributed by atoms with Gasteiger partial charge in [0.05, 0.1) is 0 Å². The zero-order valence-electron chi connectivity index (χ0n) is 12.4. The predicted molar refractivity (Wildman–Crippen MR) is 84.9 cm³/mol. The van der Waals surface area contributed by atoms with Crippen molar-refractivity contribution >= 4 is 16.6 Å². The Morgan fingerprint density at radius 2 is 2.00 bits per heavy atom. The number of aromatic nitrogens is 1. The normalized spacial score (nSPS) is 18.4. The summed E-state index contributed by atoms with van der Waals surface area (Å²) in [5, 5.41) is 2.47. The van der Waals surface area contributed by atoms with Crippen LogP contribution < -0.4 is 10.6 Å². The number of pyridine rings is 1. The maximum atomic E-state index is 5.83. The lowest BCUT2D eigenvalue weighted by molar-refractivity contribution is 0.292. The van der Waals surface area contributed by atoms with Gasteiger partial charge in [0.2, 0.25) is 0 Å². The van der Waals surface area contributed by atoms with Crippen LogP contribution >= 0.6 is 0 Å². The van der Waals surface area contributed by atoms with Gasteiger partial charge < -0.3 is 10.6 Å². The van der Waals surface area contributed by atoms with Crippen molar-refractivity contribution in [3.8, 4) is 0 Å². The van der Waals surface area contributed by atoms with Crippen molar-refractivity contribution < 1.29 is 0 Å². The summed E-state index contributed by atoms with van der Waals surface area (Å²) in [6.07, 6.45) is 4.48. The maximum Gasteiger partial charge on any atom is 0.136 e. The minimum Gasteiger partial charge on any atom is -0.356 e. The summed E-state index contributed by atoms with van der Waals surface area (Å²) in [7, 11) is 0. The quantitative estimate of drug-likeness (QED) is 0.909. The van der Waals surface area contributed by atoms with Crippen LogP contribution in [0.15, 0.2) is 30.5 Å². The summed E-state index contributed by atoms with van der Waals surface area (Å²) in [6, 6.07) is 8.48. The lowest BCUT2D eigenvalue weighted by Crippen LogP contribution is -2.40. The van der Waals surface area contributed by atoms with E-state index in [2.05, 4.69) is 43.0 Å². The molecule has 1 fully saturated rings. The number of anilines is 1. The molecule has 3 nitrogen and oxygen atoms in total. The molecular formula is C17H23N3. The highest BCUT2D eigenvalue weighted by atomic mass is 15.2. The highest BCUT2D eigenvalue weighted by Gasteiger charge is 2.27. The third kappa shape index (κ3) is 2.38. The van der Waals surface area contributed by atoms with Crippen molar-refractivity contribution in [2.45, 2.75) is 33.2 Å². The molecule has 106 valence electrons. The van der Waals surface area contributed by atoms with Gasteiger partial charge in [0.25, 0.3) is 0 Å². The molecule has 1 aromatic carbocycles. The molecule has 0 atom stereocenters. The Hall–Kier alpha value is -1.61. The predicted octanol–water partition coefficient (Wildman–Crippen LogP) is 3.32. The van der Waals surface area contributed by atoms with Crippen molar-refractivity contribution in [1.82, 2.24) is 4.98 Å². The van der Waals surface area contributed by atoms with E-state index in [4.69, 9.17) is 10.7 Å². The van der Waals surface area contributed by atoms with Gasteiger partial charge in [0.1, 0.15) is 5.82 Å². The summed E-state index contributed by atoms with van der Waals surface area (Å²) in [6.45, 7) is 7.40. The molecule has 2 aromatic rings. The van der Waals surface area contributed by atoms with Crippen LogP contribution in [0.5, 0.6) is 0 Å². The van der Waals surface area contributed by atoms with Crippen LogP contribution in [0.3, 0.4) is 0 Å². The largest absolute Gasteiger partial charge is 0.356 e. The Morgan fingerprint density at radius 1 is 1.25 bits per heavy atom. The fourth-order valence-corrected chi connectivity index (χ4v) is 3.25. The number of benzene rings is 1. The number of piperidine rings is 1. The lowest BCUT2D eigenvalue weighted by Gasteiger charge is -2.39. The van der Waals surface area contributed by atoms with Crippen molar-refractivity contribution in [2.75, 3.05) is 18.0 Å². The van der Waals surface area contributed by atoms with Gasteiger partial charge in [0.15, 0.2) is 0 Å². The fraction of sp³-hybridized carbons (Fsp3) is 0.471. The van der Waals surface area contributed by atoms with Crippen LogP contribution in [-0.2, 0) is 6.54 Å². The van der Waals surface area contributed by atoms with E-state index in [1.807, 2.05) is 6.20 Å². The third-order valence-corrected chi connectivity index (χ3v) is 4.28. The van der Waals surface area contributed by atoms with Gasteiger partial charge in [-0.3, -0.25) is 0 Å². The summed E-state index contributed by atoms with van der Waals surface area (Å²) >= 11 is 0. The van der Waals surface area contributed by atoms with Gasteiger partial charge in [-0.15, -0.1) is 0 Å². The van der Waals surface area contributed by atoms with Crippen LogP contribution in [0.4, 0.5) is 5.82 Å². The number of nitrogens with two attached hydrogens (primary N) is 1. The average Bonchev–Trinajstić information content (AvgIpc) is 2.45. The number of rotatable bonds is 2. The monoisotopic (exact) mass is 269 g/mol. The Bertz CT molecular complexity index is 619. The number of hydrogen-bond donors (Lipinski definition) is 1. The van der Waals surface area contributed by atoms with E-state index < -0.39 is 0 Å². The van der Waals surface area contributed by atoms with E-state index in [9.17, 15) is 0 Å². The van der Waals surface area contributed by atoms with Gasteiger partial charge in [-0.25, -0.2) is 4.98 Å². The second kappa shape index (κ2) is 5.06. The second-order valence-corrected chi connectivity index (χ2v) is 6.55. The molecule has 1 aliphatic rings. The zero-order chi connectivity index (χ0) is 14.2. The fourth-order valence-electron chi connectivity index (χ4n) is 3.25. The molecule has 0 saturated carbocycles. The number of nitrogens with zero attached hydrogens (tertiary/aromatic N) is 2. The molecule has 1 aliphatic heterocycles. The summed E-state index contributed by atoms with van der Waals surface area (Å²) in [4.78, 5) is 7.15. The van der Waals surface area contributed by atoms with E-state index in [1.165, 1.54) is 23.6 Å². The average molecular weight is 269 g/mol. The minimum atomic E-state index is 0.369. The standard InChI is InChI=1S/C17H23N3/c1-17(2)8-5-9-20(12-17)16-15-7-4-3-6-14(15)13(10-18)11-19-16/h3-4,6-7,11H,5,8-10,12,18H2,1-2H3. The molecule has 0 aliphatic carbocycles. The molecule has 2 N–H and O–H groups in total. The van der Waals surface area contributed by atoms with Gasteiger partial charge in [-0.05, 0) is 29.2 Å². The molecule has 0 bridgehead atoms. The van der Waals surface area contributed by atoms with Gasteiger partial charge in [-0.2, -0.15) is 0 Å². The molecule has 2 heterocycles. The number of fused-ring (bicyclic) bond motifs is 1. The third-order valence-electron chi connectivity index (χ3n) is 4.28. The highest BCUT2D eigenvalue weighted by Crippen LogP contribution is 2.34. The molecule has 0 unspecified atom stereocenters. The Labute approximate surface area is 120 Å². The molecule has 1 aromatic heterocycles. The molecule has 0 amide bonds. The van der Waals surface area contributed by atoms with Crippen molar-refractivity contribution in [3.63, 3.8) is 0 Å². The first-order chi connectivity index (χ1) is 9.61. The van der Waals surface area contributed by atoms with Crippen molar-refractivity contribution in [2.24, 2.45) is 11.1 Å². The van der Waals surface area contributed by atoms with Crippen LogP contribution in [0, 0.1) is 5.41 Å². The highest BCUT2D eigenvalue weighted by molar-refractivity contribution is 5.94. The summed E-state index contributed by atoms with van der Waals surface area (Å²) in [5.41, 5.74) is 7.33. The first-order valence-corrected chi connectivity index (χ1v) is 7.42. The van der Waals surface area contributed by atoms with Crippen LogP contribution in [0.25, 0.3) is 10.8 Å². The topological polar surface area (TPSA) is 42.2 Å². The second-order valence-electron chi connectivity index (χ2n) is 6.55. The molecular weight excluding hydrogens is 246 g/mol. The SMILES string of the molecule is CC1(C)CCCN(c2ncc(CN)c3ccccc23)C1. The van der Waals surface area contributed by atoms with E-state index in [0.717, 1.165) is 24.5 Å². The van der Waals surface area contributed by atoms with Crippen LogP contribution in [-0.4, -0.2) is 18.1 Å². The Morgan fingerprint density at radius 3 is 2.70 bits per heavy atom. The Kier molecular flexibility index (Phi) is 3.38. The van der Waals surface area contributed by atoms with Gasteiger partial charge >= 0.3 is 0 Å². The maximum absolute atomic E-state index is 5.83. The van der Waals surface area contributed by atoms with E-state index in [0.29, 0.717) is 12.0 Å². The Balaban J connectivity index is 2.08. The summed E-state index contributed by atoms with van der Waals surface area (Å²) in [5.74, 6) is 1.12. The zero-order valence-corrected chi connectivity index (χ0v) is 12.4. The lowest BCUT2D eigenvalue weighted by atomic mass is 9.84. The molecule has 0 spiro atoms. The first kappa shape index (κ1) is 13.4. The smallest absolute Gasteiger partial charge is 0.136 e. The van der Waals surface area contributed by atoms with Gasteiger partial charge in [-0.1, -0.05) is 38.1 Å².